The fourth-order valence-electron chi connectivity index (χ4n) is 3.65. The topological polar surface area (TPSA) is 93.5 Å². The molecule has 2 heterocycles. The van der Waals surface area contributed by atoms with Crippen LogP contribution in [0.3, 0.4) is 0 Å². The van der Waals surface area contributed by atoms with Crippen molar-refractivity contribution in [2.45, 2.75) is 53.1 Å². The molecule has 0 bridgehead atoms. The van der Waals surface area contributed by atoms with Crippen LogP contribution in [-0.4, -0.2) is 46.3 Å². The number of aryl methyl sites for hydroxylation is 1. The van der Waals surface area contributed by atoms with Crippen molar-refractivity contribution in [3.05, 3.63) is 47.3 Å². The third kappa shape index (κ3) is 4.47. The Morgan fingerprint density at radius 3 is 2.55 bits per heavy atom. The first-order valence-corrected chi connectivity index (χ1v) is 10.6. The van der Waals surface area contributed by atoms with Gasteiger partial charge < -0.3 is 10.1 Å². The van der Waals surface area contributed by atoms with Gasteiger partial charge in [0.2, 0.25) is 5.91 Å². The first-order valence-electron chi connectivity index (χ1n) is 10.6. The summed E-state index contributed by atoms with van der Waals surface area (Å²) in [5.74, 6) is -0.804. The van der Waals surface area contributed by atoms with E-state index in [1.165, 1.54) is 15.6 Å². The third-order valence-corrected chi connectivity index (χ3v) is 5.43. The molecule has 1 atom stereocenters. The lowest BCUT2D eigenvalue weighted by molar-refractivity contribution is -0.126. The molecule has 3 rings (SSSR count). The Morgan fingerprint density at radius 2 is 1.94 bits per heavy atom. The minimum atomic E-state index is -1.21. The maximum atomic E-state index is 13.5. The first kappa shape index (κ1) is 22.5. The largest absolute Gasteiger partial charge is 0.461 e. The Morgan fingerprint density at radius 1 is 1.26 bits per heavy atom. The summed E-state index contributed by atoms with van der Waals surface area (Å²) < 4.78 is 6.45. The molecule has 1 aromatic heterocycles. The molecule has 1 aliphatic heterocycles. The maximum absolute atomic E-state index is 13.5. The normalized spacial score (nSPS) is 18.1. The lowest BCUT2D eigenvalue weighted by atomic mass is 9.93. The van der Waals surface area contributed by atoms with Crippen molar-refractivity contribution in [2.75, 3.05) is 18.1 Å². The molecule has 0 radical (unpaired) electrons. The Bertz CT molecular complexity index is 980. The molecule has 0 unspecified atom stereocenters. The van der Waals surface area contributed by atoms with Crippen molar-refractivity contribution < 1.29 is 19.1 Å². The maximum Gasteiger partial charge on any atom is 0.358 e. The highest BCUT2D eigenvalue weighted by Crippen LogP contribution is 2.33. The zero-order valence-corrected chi connectivity index (χ0v) is 18.8. The molecule has 31 heavy (non-hydrogen) atoms. The smallest absolute Gasteiger partial charge is 0.358 e. The van der Waals surface area contributed by atoms with E-state index in [1.807, 2.05) is 31.2 Å². The van der Waals surface area contributed by atoms with E-state index in [0.29, 0.717) is 18.2 Å². The number of carbonyl (C=O) groups excluding carboxylic acids is 3. The second-order valence-electron chi connectivity index (χ2n) is 8.48. The Balaban J connectivity index is 2.02. The molecule has 1 N–H and O–H groups in total. The summed E-state index contributed by atoms with van der Waals surface area (Å²) in [7, 11) is 0. The number of benzene rings is 1. The number of esters is 1. The molecule has 2 aromatic rings. The Hall–Kier alpha value is -3.16. The highest BCUT2D eigenvalue weighted by Gasteiger charge is 2.49. The number of amides is 2. The predicted octanol–water partition coefficient (Wildman–Crippen LogP) is 2.95. The number of nitrogens with one attached hydrogen (secondary N) is 1. The highest BCUT2D eigenvalue weighted by molar-refractivity contribution is 6.12. The van der Waals surface area contributed by atoms with Crippen LogP contribution in [0.1, 0.15) is 60.7 Å². The minimum absolute atomic E-state index is 0.0542. The fraction of sp³-hybridized carbons (Fsp3) is 0.478. The van der Waals surface area contributed by atoms with Crippen molar-refractivity contribution in [3.8, 4) is 0 Å². The first-order chi connectivity index (χ1) is 14.7. The zero-order chi connectivity index (χ0) is 22.8. The van der Waals surface area contributed by atoms with Gasteiger partial charge in [0.05, 0.1) is 13.2 Å². The molecule has 0 spiro atoms. The number of anilines is 1. The third-order valence-electron chi connectivity index (χ3n) is 5.43. The van der Waals surface area contributed by atoms with Crippen LogP contribution in [0.5, 0.6) is 0 Å². The molecule has 0 saturated heterocycles. The van der Waals surface area contributed by atoms with Gasteiger partial charge in [-0.2, -0.15) is 5.10 Å². The predicted molar refractivity (Wildman–Crippen MR) is 117 cm³/mol. The molecule has 0 aliphatic carbocycles. The van der Waals surface area contributed by atoms with Crippen LogP contribution in [0.15, 0.2) is 30.3 Å². The quantitative estimate of drug-likeness (QED) is 0.687. The number of aromatic nitrogens is 2. The molecule has 166 valence electrons. The number of nitrogens with zero attached hydrogens (tertiary/aromatic N) is 3. The van der Waals surface area contributed by atoms with Crippen molar-refractivity contribution in [2.24, 2.45) is 5.92 Å². The molecular weight excluding hydrogens is 396 g/mol. The summed E-state index contributed by atoms with van der Waals surface area (Å²) in [5.41, 5.74) is 0.747. The summed E-state index contributed by atoms with van der Waals surface area (Å²) >= 11 is 0. The van der Waals surface area contributed by atoms with Gasteiger partial charge >= 0.3 is 5.97 Å². The average Bonchev–Trinajstić information content (AvgIpc) is 3.13. The number of fused-ring (bicyclic) bond motifs is 1. The van der Waals surface area contributed by atoms with Gasteiger partial charge in [0.25, 0.3) is 5.91 Å². The van der Waals surface area contributed by atoms with Crippen molar-refractivity contribution >= 4 is 23.5 Å². The SMILES string of the molecule is CCOC(=O)c1cc2n(n1)C[C@](C)(C(=O)NCCC(C)C)N(c1ccc(C)cc1)C2=O. The van der Waals surface area contributed by atoms with E-state index in [0.717, 1.165) is 12.0 Å². The van der Waals surface area contributed by atoms with Crippen LogP contribution in [0.25, 0.3) is 0 Å². The number of hydrogen-bond donors (Lipinski definition) is 1. The number of carbonyl (C=O) groups is 3. The molecule has 1 aliphatic rings. The van der Waals surface area contributed by atoms with Gasteiger partial charge in [-0.05, 0) is 45.2 Å². The van der Waals surface area contributed by atoms with Gasteiger partial charge in [-0.3, -0.25) is 19.2 Å². The molecular formula is C23H30N4O4. The minimum Gasteiger partial charge on any atom is -0.461 e. The highest BCUT2D eigenvalue weighted by atomic mass is 16.5. The van der Waals surface area contributed by atoms with Crippen molar-refractivity contribution in [1.29, 1.82) is 0 Å². The van der Waals surface area contributed by atoms with Crippen LogP contribution in [0, 0.1) is 12.8 Å². The van der Waals surface area contributed by atoms with Gasteiger partial charge in [0, 0.05) is 18.3 Å². The van der Waals surface area contributed by atoms with Crippen LogP contribution in [0.4, 0.5) is 5.69 Å². The fourth-order valence-corrected chi connectivity index (χ4v) is 3.65. The molecule has 0 saturated carbocycles. The van der Waals surface area contributed by atoms with Gasteiger partial charge in [-0.25, -0.2) is 4.79 Å². The average molecular weight is 427 g/mol. The van der Waals surface area contributed by atoms with E-state index in [4.69, 9.17) is 4.74 Å². The van der Waals surface area contributed by atoms with Crippen LogP contribution in [-0.2, 0) is 16.1 Å². The van der Waals surface area contributed by atoms with E-state index in [1.54, 1.807) is 13.8 Å². The van der Waals surface area contributed by atoms with Crippen LogP contribution < -0.4 is 10.2 Å². The van der Waals surface area contributed by atoms with E-state index in [2.05, 4.69) is 24.3 Å². The number of hydrogen-bond acceptors (Lipinski definition) is 5. The summed E-state index contributed by atoms with van der Waals surface area (Å²) in [4.78, 5) is 40.5. The van der Waals surface area contributed by atoms with Gasteiger partial charge in [-0.15, -0.1) is 0 Å². The van der Waals surface area contributed by atoms with E-state index >= 15 is 0 Å². The second-order valence-corrected chi connectivity index (χ2v) is 8.48. The lowest BCUT2D eigenvalue weighted by Crippen LogP contribution is -2.64. The van der Waals surface area contributed by atoms with Gasteiger partial charge in [0.15, 0.2) is 5.69 Å². The second kappa shape index (κ2) is 8.91. The molecule has 8 nitrogen and oxygen atoms in total. The molecule has 8 heteroatoms. The van der Waals surface area contributed by atoms with Crippen LogP contribution in [0.2, 0.25) is 0 Å². The van der Waals surface area contributed by atoms with Crippen molar-refractivity contribution in [3.63, 3.8) is 0 Å². The number of ether oxygens (including phenoxy) is 1. The Labute approximate surface area is 182 Å². The molecule has 2 amide bonds. The van der Waals surface area contributed by atoms with Crippen LogP contribution >= 0.6 is 0 Å². The Kier molecular flexibility index (Phi) is 6.48. The molecule has 0 fully saturated rings. The molecule has 1 aromatic carbocycles. The zero-order valence-electron chi connectivity index (χ0n) is 18.8. The number of rotatable bonds is 7. The summed E-state index contributed by atoms with van der Waals surface area (Å²) in [6, 6.07) is 8.87. The van der Waals surface area contributed by atoms with Gasteiger partial charge in [0.1, 0.15) is 11.2 Å². The van der Waals surface area contributed by atoms with Crippen molar-refractivity contribution in [1.82, 2.24) is 15.1 Å². The van der Waals surface area contributed by atoms with E-state index in [-0.39, 0.29) is 36.4 Å². The van der Waals surface area contributed by atoms with Gasteiger partial charge in [-0.1, -0.05) is 31.5 Å². The summed E-state index contributed by atoms with van der Waals surface area (Å²) in [6.07, 6.45) is 0.834. The lowest BCUT2D eigenvalue weighted by Gasteiger charge is -2.43. The van der Waals surface area contributed by atoms with E-state index < -0.39 is 11.5 Å². The summed E-state index contributed by atoms with van der Waals surface area (Å²) in [5, 5.41) is 7.23. The van der Waals surface area contributed by atoms with E-state index in [9.17, 15) is 14.4 Å². The standard InChI is InChI=1S/C23H30N4O4/c1-6-31-21(29)18-13-19-20(28)27(17-9-7-16(4)8-10-17)23(5,14-26(19)25-18)22(30)24-12-11-15(2)3/h7-10,13,15H,6,11-12,14H2,1-5H3,(H,24,30)/t23-/m1/s1. The monoisotopic (exact) mass is 426 g/mol. The summed E-state index contributed by atoms with van der Waals surface area (Å²) in [6.45, 7) is 10.4.